The van der Waals surface area contributed by atoms with E-state index in [1.165, 1.54) is 24.0 Å². The van der Waals surface area contributed by atoms with Gasteiger partial charge in [-0.05, 0) is 0 Å². The van der Waals surface area contributed by atoms with Crippen molar-refractivity contribution in [2.75, 3.05) is 0 Å². The molecule has 0 nitrogen and oxygen atoms in total. The molecule has 1 rings (SSSR count). The molecule has 0 spiro atoms. The Morgan fingerprint density at radius 1 is 1.60 bits per heavy atom. The van der Waals surface area contributed by atoms with Crippen molar-refractivity contribution in [2.24, 2.45) is 0 Å². The van der Waals surface area contributed by atoms with Crippen molar-refractivity contribution in [3.05, 3.63) is 22.1 Å². The minimum absolute atomic E-state index is 0.290. The van der Waals surface area contributed by atoms with Crippen LogP contribution >= 0.6 is 0 Å². The summed E-state index contributed by atoms with van der Waals surface area (Å²) in [6.45, 7) is 2.27. The molecule has 1 aliphatic carbocycles. The second-order valence-electron chi connectivity index (χ2n) is 2.60. The molecule has 0 heterocycles. The standard InChI is InChI=1S/C5H5.C4H9.Ti/c1-2-4-5-3-1;1-3-4-2;/h1-3H,4H2;1,3-4H2,2H3;. The van der Waals surface area contributed by atoms with Gasteiger partial charge in [-0.1, -0.05) is 0 Å². The first-order valence-corrected chi connectivity index (χ1v) is 5.91. The van der Waals surface area contributed by atoms with E-state index in [-0.39, 0.29) is 19.2 Å². The fourth-order valence-corrected chi connectivity index (χ4v) is 3.08. The molecule has 0 aromatic heterocycles. The monoisotopic (exact) mass is 170 g/mol. The van der Waals surface area contributed by atoms with Crippen molar-refractivity contribution in [1.82, 2.24) is 0 Å². The molecule has 0 saturated heterocycles. The molecule has 54 valence electrons. The molecule has 1 heteroatoms. The van der Waals surface area contributed by atoms with E-state index < -0.39 is 0 Å². The SMILES string of the molecule is CCC[CH2][Ti][C]1=CC=CC1. The van der Waals surface area contributed by atoms with E-state index in [1.807, 2.05) is 0 Å². The summed E-state index contributed by atoms with van der Waals surface area (Å²) in [7, 11) is 0. The number of hydrogen-bond donors (Lipinski definition) is 0. The van der Waals surface area contributed by atoms with E-state index >= 15 is 0 Å². The fraction of sp³-hybridized carbons (Fsp3) is 0.556. The molecule has 0 amide bonds. The predicted octanol–water partition coefficient (Wildman–Crippen LogP) is 3.13. The molecular weight excluding hydrogens is 156 g/mol. The van der Waals surface area contributed by atoms with Gasteiger partial charge in [-0.2, -0.15) is 0 Å². The quantitative estimate of drug-likeness (QED) is 0.449. The topological polar surface area (TPSA) is 0 Å². The summed E-state index contributed by atoms with van der Waals surface area (Å²) < 4.78 is 3.25. The average Bonchev–Trinajstić information content (AvgIpc) is 2.41. The summed E-state index contributed by atoms with van der Waals surface area (Å²) in [4.78, 5) is 0. The van der Waals surface area contributed by atoms with Crippen molar-refractivity contribution in [1.29, 1.82) is 0 Å². The van der Waals surface area contributed by atoms with E-state index in [0.717, 1.165) is 0 Å². The van der Waals surface area contributed by atoms with E-state index in [0.29, 0.717) is 0 Å². The molecule has 0 aliphatic heterocycles. The van der Waals surface area contributed by atoms with Gasteiger partial charge < -0.3 is 0 Å². The zero-order valence-corrected chi connectivity index (χ0v) is 8.12. The van der Waals surface area contributed by atoms with Crippen LogP contribution in [0.5, 0.6) is 0 Å². The number of unbranched alkanes of at least 4 members (excludes halogenated alkanes) is 1. The van der Waals surface area contributed by atoms with Crippen LogP contribution < -0.4 is 0 Å². The van der Waals surface area contributed by atoms with Gasteiger partial charge in [0, 0.05) is 0 Å². The summed E-state index contributed by atoms with van der Waals surface area (Å²) in [5.41, 5.74) is 0. The molecule has 0 radical (unpaired) electrons. The maximum atomic E-state index is 2.32. The molecule has 0 saturated carbocycles. The van der Waals surface area contributed by atoms with Gasteiger partial charge in [0.1, 0.15) is 0 Å². The van der Waals surface area contributed by atoms with Crippen molar-refractivity contribution in [3.63, 3.8) is 0 Å². The van der Waals surface area contributed by atoms with Crippen LogP contribution in [0.1, 0.15) is 26.2 Å². The van der Waals surface area contributed by atoms with Gasteiger partial charge in [0.15, 0.2) is 0 Å². The molecule has 10 heavy (non-hydrogen) atoms. The van der Waals surface area contributed by atoms with Crippen molar-refractivity contribution in [2.45, 2.75) is 30.9 Å². The van der Waals surface area contributed by atoms with Gasteiger partial charge in [-0.15, -0.1) is 0 Å². The van der Waals surface area contributed by atoms with Crippen LogP contribution in [-0.4, -0.2) is 0 Å². The van der Waals surface area contributed by atoms with Crippen LogP contribution in [0.15, 0.2) is 22.1 Å². The normalized spacial score (nSPS) is 15.5. The summed E-state index contributed by atoms with van der Waals surface area (Å²) in [5.74, 6) is 0. The van der Waals surface area contributed by atoms with E-state index in [9.17, 15) is 0 Å². The predicted molar refractivity (Wildman–Crippen MR) is 41.6 cm³/mol. The molecule has 0 aromatic carbocycles. The Balaban J connectivity index is 2.04. The molecule has 0 atom stereocenters. The second-order valence-corrected chi connectivity index (χ2v) is 4.94. The Bertz CT molecular complexity index is 145. The number of rotatable bonds is 4. The van der Waals surface area contributed by atoms with Crippen molar-refractivity contribution in [3.8, 4) is 0 Å². The third-order valence-corrected chi connectivity index (χ3v) is 3.88. The Morgan fingerprint density at radius 3 is 3.10 bits per heavy atom. The number of hydrogen-bond acceptors (Lipinski definition) is 0. The van der Waals surface area contributed by atoms with Crippen molar-refractivity contribution < 1.29 is 19.2 Å². The van der Waals surface area contributed by atoms with Gasteiger partial charge >= 0.3 is 72.2 Å². The third kappa shape index (κ3) is 2.85. The molecular formula is C9H14Ti. The molecule has 1 aliphatic rings. The first kappa shape index (κ1) is 8.29. The second kappa shape index (κ2) is 4.93. The zero-order chi connectivity index (χ0) is 7.23. The molecule has 0 fully saturated rings. The third-order valence-electron chi connectivity index (χ3n) is 1.65. The van der Waals surface area contributed by atoms with Gasteiger partial charge in [0.05, 0.1) is 0 Å². The zero-order valence-electron chi connectivity index (χ0n) is 6.56. The maximum absolute atomic E-state index is 2.32. The van der Waals surface area contributed by atoms with E-state index in [1.54, 1.807) is 3.88 Å². The van der Waals surface area contributed by atoms with E-state index in [2.05, 4.69) is 25.2 Å². The number of allylic oxidation sites excluding steroid dienone is 4. The molecule has 0 N–H and O–H groups in total. The molecule has 0 bridgehead atoms. The minimum atomic E-state index is 0.290. The first-order chi connectivity index (χ1) is 4.93. The van der Waals surface area contributed by atoms with Crippen LogP contribution in [0.3, 0.4) is 0 Å². The Hall–Kier alpha value is 0.194. The van der Waals surface area contributed by atoms with E-state index in [4.69, 9.17) is 0 Å². The average molecular weight is 170 g/mol. The summed E-state index contributed by atoms with van der Waals surface area (Å²) in [6.07, 6.45) is 10.9. The Kier molecular flexibility index (Phi) is 4.09. The van der Waals surface area contributed by atoms with Gasteiger partial charge in [0.2, 0.25) is 0 Å². The summed E-state index contributed by atoms with van der Waals surface area (Å²) >= 11 is 0.290. The van der Waals surface area contributed by atoms with Crippen LogP contribution in [0.2, 0.25) is 4.73 Å². The molecule has 0 unspecified atom stereocenters. The van der Waals surface area contributed by atoms with Crippen LogP contribution in [0, 0.1) is 0 Å². The summed E-state index contributed by atoms with van der Waals surface area (Å²) in [5, 5.41) is 0. The summed E-state index contributed by atoms with van der Waals surface area (Å²) in [6, 6.07) is 0. The Labute approximate surface area is 72.3 Å². The van der Waals surface area contributed by atoms with Crippen molar-refractivity contribution >= 4 is 0 Å². The van der Waals surface area contributed by atoms with Gasteiger partial charge in [0.25, 0.3) is 0 Å². The van der Waals surface area contributed by atoms with Crippen LogP contribution in [-0.2, 0) is 19.2 Å². The first-order valence-electron chi connectivity index (χ1n) is 4.03. The van der Waals surface area contributed by atoms with Gasteiger partial charge in [-0.3, -0.25) is 0 Å². The van der Waals surface area contributed by atoms with Crippen LogP contribution in [0.4, 0.5) is 0 Å². The fourth-order valence-electron chi connectivity index (χ4n) is 1.00. The molecule has 0 aromatic rings. The van der Waals surface area contributed by atoms with Gasteiger partial charge in [-0.25, -0.2) is 0 Å². The Morgan fingerprint density at radius 2 is 2.50 bits per heavy atom. The van der Waals surface area contributed by atoms with Crippen LogP contribution in [0.25, 0.3) is 0 Å².